The second-order valence-electron chi connectivity index (χ2n) is 6.10. The molecule has 1 rings (SSSR count). The van der Waals surface area contributed by atoms with Gasteiger partial charge < -0.3 is 0 Å². The van der Waals surface area contributed by atoms with Gasteiger partial charge in [-0.3, -0.25) is 0 Å². The van der Waals surface area contributed by atoms with Gasteiger partial charge in [-0.1, -0.05) is 62.8 Å². The van der Waals surface area contributed by atoms with E-state index in [4.69, 9.17) is 0 Å². The molecule has 0 aliphatic heterocycles. The molecule has 2 heteroatoms. The molecule has 0 bridgehead atoms. The predicted molar refractivity (Wildman–Crippen MR) is 79.8 cm³/mol. The number of allylic oxidation sites excluding steroid dienone is 2. The monoisotopic (exact) mass is 218 g/mol. The molecule has 90 valence electrons. The average Bonchev–Trinajstić information content (AvgIpc) is 2.22. The maximum absolute atomic E-state index is 2.46. The molecule has 1 aliphatic carbocycles. The lowest BCUT2D eigenvalue weighted by Gasteiger charge is -2.31. The van der Waals surface area contributed by atoms with E-state index in [1.165, 1.54) is 38.5 Å². The second-order valence-corrected chi connectivity index (χ2v) is 6.10. The first kappa shape index (κ1) is 13.9. The van der Waals surface area contributed by atoms with Crippen molar-refractivity contribution in [2.24, 2.45) is 11.8 Å². The fourth-order valence-corrected chi connectivity index (χ4v) is 3.52. The van der Waals surface area contributed by atoms with Crippen molar-refractivity contribution in [3.05, 3.63) is 12.2 Å². The largest absolute Gasteiger partial charge is 0.105 e. The number of hydrogen-bond acceptors (Lipinski definition) is 0. The van der Waals surface area contributed by atoms with Crippen LogP contribution in [-0.4, -0.2) is 15.7 Å². The van der Waals surface area contributed by atoms with E-state index >= 15 is 0 Å². The molecular weight excluding hydrogens is 190 g/mol. The summed E-state index contributed by atoms with van der Waals surface area (Å²) in [5.74, 6) is 3.81. The highest BCUT2D eigenvalue weighted by molar-refractivity contribution is 6.12. The van der Waals surface area contributed by atoms with Gasteiger partial charge in [0.1, 0.15) is 15.7 Å². The third-order valence-electron chi connectivity index (χ3n) is 4.23. The minimum atomic E-state index is 0.938. The van der Waals surface area contributed by atoms with Gasteiger partial charge >= 0.3 is 0 Å². The zero-order valence-corrected chi connectivity index (χ0v) is 11.7. The molecule has 1 aliphatic rings. The Morgan fingerprint density at radius 2 is 1.50 bits per heavy atom. The van der Waals surface area contributed by atoms with E-state index in [2.05, 4.69) is 41.7 Å². The first-order valence-electron chi connectivity index (χ1n) is 7.26. The van der Waals surface area contributed by atoms with Crippen LogP contribution in [-0.2, 0) is 0 Å². The third-order valence-corrected chi connectivity index (χ3v) is 4.23. The van der Waals surface area contributed by atoms with Crippen LogP contribution in [0.3, 0.4) is 0 Å². The number of rotatable bonds is 3. The molecule has 0 amide bonds. The van der Waals surface area contributed by atoms with Crippen molar-refractivity contribution in [1.29, 1.82) is 0 Å². The van der Waals surface area contributed by atoms with Crippen molar-refractivity contribution in [2.75, 3.05) is 0 Å². The Hall–Kier alpha value is -0.130. The number of hydrogen-bond donors (Lipinski definition) is 0. The molecule has 0 heterocycles. The summed E-state index contributed by atoms with van der Waals surface area (Å²) in [7, 11) is 4.92. The molecule has 1 saturated carbocycles. The fourth-order valence-electron chi connectivity index (χ4n) is 3.52. The standard InChI is InChI=1S/C14H28B2/c1-3-5-6-12-9-13(15)7-11(4-2)8-14(16)10-12/h3,5,11-14H,4,6-10,15-16H2,1-2H3. The van der Waals surface area contributed by atoms with Crippen LogP contribution in [0.1, 0.15) is 52.4 Å². The normalized spacial score (nSPS) is 37.1. The topological polar surface area (TPSA) is 0 Å². The molecule has 0 nitrogen and oxygen atoms in total. The summed E-state index contributed by atoms with van der Waals surface area (Å²) >= 11 is 0. The quantitative estimate of drug-likeness (QED) is 0.504. The molecule has 0 aromatic rings. The molecule has 0 aromatic carbocycles. The SMILES string of the molecule is BC1CC(CC)CC(B)CC(CC=CC)C1. The van der Waals surface area contributed by atoms with Crippen molar-refractivity contribution >= 4 is 15.7 Å². The van der Waals surface area contributed by atoms with Crippen LogP contribution in [0.15, 0.2) is 12.2 Å². The first-order chi connectivity index (χ1) is 7.65. The molecule has 0 saturated heterocycles. The summed E-state index contributed by atoms with van der Waals surface area (Å²) in [6, 6.07) is 0. The van der Waals surface area contributed by atoms with Gasteiger partial charge in [-0.25, -0.2) is 0 Å². The van der Waals surface area contributed by atoms with Gasteiger partial charge in [0.2, 0.25) is 0 Å². The Balaban J connectivity index is 2.52. The van der Waals surface area contributed by atoms with Crippen LogP contribution >= 0.6 is 0 Å². The second kappa shape index (κ2) is 7.25. The molecule has 0 spiro atoms. The van der Waals surface area contributed by atoms with Gasteiger partial charge in [0.25, 0.3) is 0 Å². The fraction of sp³-hybridized carbons (Fsp3) is 0.857. The van der Waals surface area contributed by atoms with Gasteiger partial charge in [0.05, 0.1) is 0 Å². The summed E-state index contributed by atoms with van der Waals surface area (Å²) in [6.45, 7) is 4.51. The van der Waals surface area contributed by atoms with Crippen LogP contribution in [0.5, 0.6) is 0 Å². The van der Waals surface area contributed by atoms with E-state index in [-0.39, 0.29) is 0 Å². The summed E-state index contributed by atoms with van der Waals surface area (Å²) in [5.41, 5.74) is 0. The van der Waals surface area contributed by atoms with Crippen LogP contribution in [0.2, 0.25) is 11.6 Å². The van der Waals surface area contributed by atoms with Gasteiger partial charge in [-0.2, -0.15) is 0 Å². The highest BCUT2D eigenvalue weighted by atomic mass is 14.3. The molecule has 0 N–H and O–H groups in total. The van der Waals surface area contributed by atoms with E-state index < -0.39 is 0 Å². The molecular formula is C14H28B2. The summed E-state index contributed by atoms with van der Waals surface area (Å²) in [5, 5.41) is 0. The minimum Gasteiger partial charge on any atom is -0.0917 e. The Labute approximate surface area is 104 Å². The maximum Gasteiger partial charge on any atom is 0.105 e. The van der Waals surface area contributed by atoms with E-state index in [0.717, 1.165) is 23.5 Å². The zero-order valence-electron chi connectivity index (χ0n) is 11.7. The van der Waals surface area contributed by atoms with Gasteiger partial charge in [-0.15, -0.1) is 0 Å². The van der Waals surface area contributed by atoms with Gasteiger partial charge in [0.15, 0.2) is 0 Å². The highest BCUT2D eigenvalue weighted by Gasteiger charge is 2.23. The lowest BCUT2D eigenvalue weighted by Crippen LogP contribution is -2.17. The van der Waals surface area contributed by atoms with E-state index in [9.17, 15) is 0 Å². The van der Waals surface area contributed by atoms with Crippen molar-refractivity contribution < 1.29 is 0 Å². The Kier molecular flexibility index (Phi) is 6.31. The lowest BCUT2D eigenvalue weighted by atomic mass is 9.63. The summed E-state index contributed by atoms with van der Waals surface area (Å²) < 4.78 is 0. The zero-order chi connectivity index (χ0) is 12.0. The summed E-state index contributed by atoms with van der Waals surface area (Å²) in [6.07, 6.45) is 13.1. The van der Waals surface area contributed by atoms with Crippen LogP contribution in [0.4, 0.5) is 0 Å². The van der Waals surface area contributed by atoms with Gasteiger partial charge in [-0.05, 0) is 25.2 Å². The molecule has 1 fully saturated rings. The Bertz CT molecular complexity index is 199. The van der Waals surface area contributed by atoms with Crippen LogP contribution < -0.4 is 0 Å². The Morgan fingerprint density at radius 1 is 1.00 bits per heavy atom. The Morgan fingerprint density at radius 3 is 1.94 bits per heavy atom. The molecule has 2 atom stereocenters. The van der Waals surface area contributed by atoms with E-state index in [1.54, 1.807) is 0 Å². The molecule has 0 aromatic heterocycles. The van der Waals surface area contributed by atoms with Gasteiger partial charge in [0, 0.05) is 0 Å². The minimum absolute atomic E-state index is 0.938. The molecule has 2 unspecified atom stereocenters. The smallest absolute Gasteiger partial charge is 0.0917 e. The lowest BCUT2D eigenvalue weighted by molar-refractivity contribution is 0.314. The molecule has 0 radical (unpaired) electrons. The van der Waals surface area contributed by atoms with Crippen LogP contribution in [0, 0.1) is 11.8 Å². The summed E-state index contributed by atoms with van der Waals surface area (Å²) in [4.78, 5) is 0. The average molecular weight is 218 g/mol. The maximum atomic E-state index is 2.46. The van der Waals surface area contributed by atoms with Crippen molar-refractivity contribution in [3.8, 4) is 0 Å². The first-order valence-corrected chi connectivity index (χ1v) is 7.26. The predicted octanol–water partition coefficient (Wildman–Crippen LogP) is 3.01. The highest BCUT2D eigenvalue weighted by Crippen LogP contribution is 2.38. The van der Waals surface area contributed by atoms with Crippen molar-refractivity contribution in [2.45, 2.75) is 64.0 Å². The van der Waals surface area contributed by atoms with Crippen molar-refractivity contribution in [3.63, 3.8) is 0 Å². The third kappa shape index (κ3) is 4.80. The van der Waals surface area contributed by atoms with Crippen LogP contribution in [0.25, 0.3) is 0 Å². The van der Waals surface area contributed by atoms with Crippen molar-refractivity contribution in [1.82, 2.24) is 0 Å². The van der Waals surface area contributed by atoms with E-state index in [0.29, 0.717) is 0 Å². The molecule has 16 heavy (non-hydrogen) atoms. The van der Waals surface area contributed by atoms with E-state index in [1.807, 2.05) is 0 Å².